The molecule has 3 N–H and O–H groups in total. The summed E-state index contributed by atoms with van der Waals surface area (Å²) in [5, 5.41) is 8.84. The molecule has 1 aromatic carbocycles. The molecular weight excluding hydrogens is 296 g/mol. The molecule has 1 aromatic heterocycles. The van der Waals surface area contributed by atoms with Crippen LogP contribution in [0.4, 0.5) is 0 Å². The zero-order chi connectivity index (χ0) is 13.1. The quantitative estimate of drug-likeness (QED) is 0.910. The highest BCUT2D eigenvalue weighted by Crippen LogP contribution is 2.17. The summed E-state index contributed by atoms with van der Waals surface area (Å²) in [6.07, 6.45) is 2.20. The van der Waals surface area contributed by atoms with Crippen molar-refractivity contribution in [2.75, 3.05) is 0 Å². The lowest BCUT2D eigenvalue weighted by molar-refractivity contribution is -0.138. The lowest BCUT2D eigenvalue weighted by atomic mass is 10.1. The van der Waals surface area contributed by atoms with Gasteiger partial charge in [-0.05, 0) is 36.4 Å². The number of halogens is 1. The molecule has 0 amide bonds. The molecule has 0 fully saturated rings. The van der Waals surface area contributed by atoms with Crippen molar-refractivity contribution in [2.45, 2.75) is 12.5 Å². The van der Waals surface area contributed by atoms with Crippen molar-refractivity contribution in [3.63, 3.8) is 0 Å². The molecule has 0 aliphatic heterocycles. The lowest BCUT2D eigenvalue weighted by Crippen LogP contribution is -2.32. The van der Waals surface area contributed by atoms with E-state index in [9.17, 15) is 4.79 Å². The third-order valence-electron chi connectivity index (χ3n) is 2.68. The van der Waals surface area contributed by atoms with Gasteiger partial charge in [0.1, 0.15) is 6.04 Å². The SMILES string of the molecule is NC(Cc1cccn1-c1ccc(Br)cc1)C(=O)O. The molecule has 94 valence electrons. The van der Waals surface area contributed by atoms with Crippen LogP contribution >= 0.6 is 15.9 Å². The summed E-state index contributed by atoms with van der Waals surface area (Å²) in [5.74, 6) is -0.987. The van der Waals surface area contributed by atoms with Crippen LogP contribution in [-0.4, -0.2) is 21.7 Å². The number of aliphatic carboxylic acids is 1. The Morgan fingerprint density at radius 1 is 1.33 bits per heavy atom. The summed E-state index contributed by atoms with van der Waals surface area (Å²) < 4.78 is 2.94. The fourth-order valence-corrected chi connectivity index (χ4v) is 2.01. The van der Waals surface area contributed by atoms with Gasteiger partial charge in [0, 0.05) is 28.5 Å². The molecule has 2 aromatic rings. The van der Waals surface area contributed by atoms with Crippen molar-refractivity contribution < 1.29 is 9.90 Å². The maximum Gasteiger partial charge on any atom is 0.320 e. The van der Waals surface area contributed by atoms with Gasteiger partial charge >= 0.3 is 5.97 Å². The summed E-state index contributed by atoms with van der Waals surface area (Å²) in [7, 11) is 0. The molecule has 0 saturated heterocycles. The van der Waals surface area contributed by atoms with E-state index in [1.165, 1.54) is 0 Å². The number of nitrogens with two attached hydrogens (primary N) is 1. The minimum atomic E-state index is -0.987. The Balaban J connectivity index is 2.27. The van der Waals surface area contributed by atoms with E-state index >= 15 is 0 Å². The van der Waals surface area contributed by atoms with E-state index in [1.54, 1.807) is 0 Å². The summed E-state index contributed by atoms with van der Waals surface area (Å²) in [6, 6.07) is 10.7. The van der Waals surface area contributed by atoms with Gasteiger partial charge in [-0.25, -0.2) is 0 Å². The predicted molar refractivity (Wildman–Crippen MR) is 72.8 cm³/mol. The van der Waals surface area contributed by atoms with E-state index < -0.39 is 12.0 Å². The van der Waals surface area contributed by atoms with Crippen molar-refractivity contribution in [3.05, 3.63) is 52.8 Å². The van der Waals surface area contributed by atoms with Crippen LogP contribution in [0.3, 0.4) is 0 Å². The smallest absolute Gasteiger partial charge is 0.320 e. The summed E-state index contributed by atoms with van der Waals surface area (Å²) in [4.78, 5) is 10.8. The van der Waals surface area contributed by atoms with E-state index in [0.29, 0.717) is 6.42 Å². The van der Waals surface area contributed by atoms with Gasteiger partial charge < -0.3 is 15.4 Å². The highest BCUT2D eigenvalue weighted by Gasteiger charge is 2.14. The second-order valence-corrected chi connectivity index (χ2v) is 4.91. The van der Waals surface area contributed by atoms with Crippen molar-refractivity contribution in [1.29, 1.82) is 0 Å². The number of hydrogen-bond acceptors (Lipinski definition) is 2. The first-order valence-corrected chi connectivity index (χ1v) is 6.28. The minimum Gasteiger partial charge on any atom is -0.480 e. The van der Waals surface area contributed by atoms with Crippen LogP contribution in [0.1, 0.15) is 5.69 Å². The molecular formula is C13H13BrN2O2. The van der Waals surface area contributed by atoms with Gasteiger partial charge in [-0.2, -0.15) is 0 Å². The number of rotatable bonds is 4. The van der Waals surface area contributed by atoms with E-state index in [1.807, 2.05) is 47.2 Å². The number of aromatic nitrogens is 1. The van der Waals surface area contributed by atoms with E-state index in [-0.39, 0.29) is 0 Å². The first-order valence-electron chi connectivity index (χ1n) is 5.48. The Labute approximate surface area is 113 Å². The third-order valence-corrected chi connectivity index (χ3v) is 3.21. The van der Waals surface area contributed by atoms with Crippen molar-refractivity contribution in [2.24, 2.45) is 5.73 Å². The van der Waals surface area contributed by atoms with Gasteiger partial charge in [0.2, 0.25) is 0 Å². The van der Waals surface area contributed by atoms with Gasteiger partial charge in [0.05, 0.1) is 0 Å². The van der Waals surface area contributed by atoms with E-state index in [2.05, 4.69) is 15.9 Å². The molecule has 4 nitrogen and oxygen atoms in total. The second-order valence-electron chi connectivity index (χ2n) is 3.99. The Bertz CT molecular complexity index is 548. The minimum absolute atomic E-state index is 0.304. The molecule has 0 spiro atoms. The molecule has 1 unspecified atom stereocenters. The molecule has 18 heavy (non-hydrogen) atoms. The zero-order valence-corrected chi connectivity index (χ0v) is 11.2. The lowest BCUT2D eigenvalue weighted by Gasteiger charge is -2.11. The summed E-state index contributed by atoms with van der Waals surface area (Å²) in [5.41, 5.74) is 7.42. The highest BCUT2D eigenvalue weighted by atomic mass is 79.9. The molecule has 2 rings (SSSR count). The first-order chi connectivity index (χ1) is 8.58. The largest absolute Gasteiger partial charge is 0.480 e. The third kappa shape index (κ3) is 2.80. The Kier molecular flexibility index (Phi) is 3.84. The standard InChI is InChI=1S/C13H13BrN2O2/c14-9-3-5-10(6-4-9)16-7-1-2-11(16)8-12(15)13(17)18/h1-7,12H,8,15H2,(H,17,18). The molecule has 0 radical (unpaired) electrons. The first kappa shape index (κ1) is 12.9. The fourth-order valence-electron chi connectivity index (χ4n) is 1.75. The average Bonchev–Trinajstić information content (AvgIpc) is 2.78. The van der Waals surface area contributed by atoms with Crippen LogP contribution < -0.4 is 5.73 Å². The van der Waals surface area contributed by atoms with Gasteiger partial charge in [0.15, 0.2) is 0 Å². The number of nitrogens with zero attached hydrogens (tertiary/aromatic N) is 1. The number of carboxylic acids is 1. The highest BCUT2D eigenvalue weighted by molar-refractivity contribution is 9.10. The number of carbonyl (C=O) groups is 1. The van der Waals surface area contributed by atoms with Crippen LogP contribution in [0.2, 0.25) is 0 Å². The molecule has 0 aliphatic carbocycles. The van der Waals surface area contributed by atoms with Crippen molar-refractivity contribution in [1.82, 2.24) is 4.57 Å². The van der Waals surface area contributed by atoms with E-state index in [4.69, 9.17) is 10.8 Å². The number of carboxylic acid groups (broad SMARTS) is 1. The fraction of sp³-hybridized carbons (Fsp3) is 0.154. The van der Waals surface area contributed by atoms with Crippen LogP contribution in [0.5, 0.6) is 0 Å². The molecule has 1 heterocycles. The Hall–Kier alpha value is -1.59. The average molecular weight is 309 g/mol. The van der Waals surface area contributed by atoms with E-state index in [0.717, 1.165) is 15.9 Å². The summed E-state index contributed by atoms with van der Waals surface area (Å²) >= 11 is 3.38. The number of benzene rings is 1. The molecule has 1 atom stereocenters. The van der Waals surface area contributed by atoms with Gasteiger partial charge in [0.25, 0.3) is 0 Å². The maximum absolute atomic E-state index is 10.8. The van der Waals surface area contributed by atoms with Crippen molar-refractivity contribution >= 4 is 21.9 Å². The van der Waals surface area contributed by atoms with Crippen LogP contribution in [-0.2, 0) is 11.2 Å². The topological polar surface area (TPSA) is 68.2 Å². The van der Waals surface area contributed by atoms with Gasteiger partial charge in [-0.1, -0.05) is 15.9 Å². The molecule has 5 heteroatoms. The Morgan fingerprint density at radius 3 is 2.61 bits per heavy atom. The van der Waals surface area contributed by atoms with Crippen LogP contribution in [0, 0.1) is 0 Å². The molecule has 0 bridgehead atoms. The zero-order valence-electron chi connectivity index (χ0n) is 9.58. The van der Waals surface area contributed by atoms with Crippen molar-refractivity contribution in [3.8, 4) is 5.69 Å². The maximum atomic E-state index is 10.8. The predicted octanol–water partition coefficient (Wildman–Crippen LogP) is 2.19. The number of hydrogen-bond donors (Lipinski definition) is 2. The second kappa shape index (κ2) is 5.37. The normalized spacial score (nSPS) is 12.3. The molecule has 0 aliphatic rings. The summed E-state index contributed by atoms with van der Waals surface area (Å²) in [6.45, 7) is 0. The van der Waals surface area contributed by atoms with Gasteiger partial charge in [-0.15, -0.1) is 0 Å². The Morgan fingerprint density at radius 2 is 2.00 bits per heavy atom. The van der Waals surface area contributed by atoms with Crippen LogP contribution in [0.25, 0.3) is 5.69 Å². The van der Waals surface area contributed by atoms with Gasteiger partial charge in [-0.3, -0.25) is 4.79 Å². The monoisotopic (exact) mass is 308 g/mol. The van der Waals surface area contributed by atoms with Crippen LogP contribution in [0.15, 0.2) is 47.1 Å². The molecule has 0 saturated carbocycles.